The Labute approximate surface area is 364 Å². The predicted octanol–water partition coefficient (Wildman–Crippen LogP) is 6.26. The summed E-state index contributed by atoms with van der Waals surface area (Å²) in [5, 5.41) is 29.2. The number of methoxy groups -OCH3 is 1. The maximum absolute atomic E-state index is 12.9. The molecule has 0 saturated carbocycles. The fourth-order valence-corrected chi connectivity index (χ4v) is 6.88. The molecule has 2 aromatic heterocycles. The number of ether oxygens (including phenoxy) is 4. The molecule has 0 aliphatic carbocycles. The maximum atomic E-state index is 12.9. The topological polar surface area (TPSA) is 197 Å². The van der Waals surface area contributed by atoms with Gasteiger partial charge in [-0.2, -0.15) is 0 Å². The molecular formula is C42H50GdN5O9-. The maximum Gasteiger partial charge on any atom is 0.309 e. The van der Waals surface area contributed by atoms with Crippen molar-refractivity contribution in [1.82, 2.24) is 24.9 Å². The second-order valence-corrected chi connectivity index (χ2v) is 13.3. The summed E-state index contributed by atoms with van der Waals surface area (Å²) in [6, 6.07) is 5.20. The van der Waals surface area contributed by atoms with Gasteiger partial charge in [0.2, 0.25) is 5.88 Å². The first-order chi connectivity index (χ1) is 27.0. The van der Waals surface area contributed by atoms with Crippen LogP contribution in [0.15, 0.2) is 24.4 Å². The van der Waals surface area contributed by atoms with Gasteiger partial charge in [-0.15, -0.1) is 5.52 Å². The average molecular weight is 926 g/mol. The van der Waals surface area contributed by atoms with Gasteiger partial charge in [0.15, 0.2) is 11.5 Å². The summed E-state index contributed by atoms with van der Waals surface area (Å²) in [4.78, 5) is 50.4. The van der Waals surface area contributed by atoms with Gasteiger partial charge in [-0.1, -0.05) is 36.6 Å². The molecule has 3 N–H and O–H groups in total. The first kappa shape index (κ1) is 45.6. The van der Waals surface area contributed by atoms with Crippen LogP contribution in [0.3, 0.4) is 0 Å². The van der Waals surface area contributed by atoms with Crippen molar-refractivity contribution in [3.8, 4) is 23.1 Å². The number of rotatable bonds is 15. The van der Waals surface area contributed by atoms with Crippen LogP contribution < -0.4 is 23.9 Å². The Bertz CT molecular complexity index is 2270. The molecule has 3 aromatic rings. The molecule has 2 aliphatic heterocycles. The van der Waals surface area contributed by atoms with Gasteiger partial charge < -0.3 is 39.3 Å². The van der Waals surface area contributed by atoms with Crippen LogP contribution in [0, 0.1) is 46.9 Å². The number of carbonyl (C=O) groups is 2. The van der Waals surface area contributed by atoms with Crippen molar-refractivity contribution in [1.29, 1.82) is 0 Å². The van der Waals surface area contributed by atoms with Crippen molar-refractivity contribution < 1.29 is 83.8 Å². The number of carbonyl (C=O) groups excluding carboxylic acids is 2. The molecule has 4 heterocycles. The predicted molar refractivity (Wildman–Crippen MR) is 213 cm³/mol. The minimum atomic E-state index is -0.659. The van der Waals surface area contributed by atoms with Crippen LogP contribution in [-0.2, 0) is 16.0 Å². The van der Waals surface area contributed by atoms with Crippen LogP contribution in [0.1, 0.15) is 107 Å². The van der Waals surface area contributed by atoms with Crippen LogP contribution >= 0.6 is 0 Å². The fraction of sp³-hybridized carbons (Fsp3) is 0.429. The molecule has 5 rings (SSSR count). The molecule has 0 spiro atoms. The van der Waals surface area contributed by atoms with E-state index in [1.165, 1.54) is 21.0 Å². The van der Waals surface area contributed by atoms with Crippen molar-refractivity contribution in [3.05, 3.63) is 58.3 Å². The first-order valence-electron chi connectivity index (χ1n) is 18.9. The summed E-state index contributed by atoms with van der Waals surface area (Å²) in [5.41, 5.74) is 8.30. The number of benzene rings is 1. The van der Waals surface area contributed by atoms with Gasteiger partial charge in [-0.05, 0) is 74.7 Å². The van der Waals surface area contributed by atoms with E-state index in [1.54, 1.807) is 25.3 Å². The molecule has 0 radical (unpaired) electrons. The van der Waals surface area contributed by atoms with Crippen LogP contribution in [0.25, 0.3) is 44.4 Å². The molecule has 306 valence electrons. The Hall–Kier alpha value is -4.12. The molecule has 15 heteroatoms. The average Bonchev–Trinajstić information content (AvgIpc) is 3.79. The van der Waals surface area contributed by atoms with Gasteiger partial charge in [0, 0.05) is 92.2 Å². The van der Waals surface area contributed by atoms with Crippen LogP contribution in [0.4, 0.5) is 0 Å². The van der Waals surface area contributed by atoms with Crippen LogP contribution in [0.2, 0.25) is 0 Å². The number of nitrogens with zero attached hydrogens (tertiary/aromatic N) is 5. The molecule has 2 aliphatic rings. The van der Waals surface area contributed by atoms with Crippen LogP contribution in [0.5, 0.6) is 23.1 Å². The molecule has 1 aromatic carbocycles. The summed E-state index contributed by atoms with van der Waals surface area (Å²) in [6.45, 7) is 10.3. The van der Waals surface area contributed by atoms with E-state index in [0.717, 1.165) is 22.3 Å². The van der Waals surface area contributed by atoms with Crippen molar-refractivity contribution in [2.24, 2.45) is 0 Å². The third kappa shape index (κ3) is 10.3. The quantitative estimate of drug-likeness (QED) is 0.114. The number of aryl methyl sites for hydroxylation is 2. The fourth-order valence-electron chi connectivity index (χ4n) is 6.88. The second-order valence-electron chi connectivity index (χ2n) is 13.3. The van der Waals surface area contributed by atoms with Crippen LogP contribution in [-0.4, -0.2) is 80.7 Å². The number of esters is 2. The number of hydrogen-bond acceptors (Lipinski definition) is 13. The van der Waals surface area contributed by atoms with Gasteiger partial charge in [-0.25, -0.2) is 15.0 Å². The Morgan fingerprint density at radius 1 is 0.754 bits per heavy atom. The molecule has 0 saturated heterocycles. The van der Waals surface area contributed by atoms with Gasteiger partial charge in [0.25, 0.3) is 0 Å². The Kier molecular flexibility index (Phi) is 16.8. The third-order valence-electron chi connectivity index (χ3n) is 9.53. The molecule has 0 atom stereocenters. The Balaban J connectivity index is 0.00000720. The number of aliphatic hydroxyl groups is 3. The van der Waals surface area contributed by atoms with Gasteiger partial charge in [0.05, 0.1) is 42.3 Å². The number of hydrogen-bond donors (Lipinski definition) is 3. The second kappa shape index (κ2) is 21.1. The molecule has 0 amide bonds. The first-order valence-corrected chi connectivity index (χ1v) is 18.9. The van der Waals surface area contributed by atoms with Gasteiger partial charge >= 0.3 is 11.9 Å². The van der Waals surface area contributed by atoms with E-state index in [9.17, 15) is 24.9 Å². The summed E-state index contributed by atoms with van der Waals surface area (Å²) in [7, 11) is 1.50. The zero-order valence-corrected chi connectivity index (χ0v) is 35.7. The summed E-state index contributed by atoms with van der Waals surface area (Å²) < 4.78 is 23.4. The van der Waals surface area contributed by atoms with E-state index < -0.39 is 11.9 Å². The SMILES string of the molecule is CCC1=C(CC)c2cc3[n-]c(c(C)c3CCCO)c(OC(C)=O)c3nc(c(OC(C)=O)nc4cc(OCCCO)c(OC)cc4ncc1n2)C(C)=C3CCCO.[Gd]. The standard InChI is InChI=1S/C42H50N5O9.Gd/c1-8-27-28(9-2)35-22-43-33-20-36(53-7)37(54-18-12-17-50)21-34(33)46-42(56-26(6)52)39-24(4)30(14-11-16-49)40(47-39)41(55-25(5)51)38-23(3)29(13-10-15-48)32(45-38)19-31(27)44-35;/h19-22,48-50H,8-18H2,1-7H3;/q-1;. The van der Waals surface area contributed by atoms with Crippen molar-refractivity contribution >= 4 is 56.3 Å². The molecule has 0 fully saturated rings. The van der Waals surface area contributed by atoms with E-state index in [-0.39, 0.29) is 94.9 Å². The third-order valence-corrected chi connectivity index (χ3v) is 9.53. The van der Waals surface area contributed by atoms with E-state index in [4.69, 9.17) is 43.9 Å². The van der Waals surface area contributed by atoms with Gasteiger partial charge in [-0.3, -0.25) is 14.6 Å². The molecule has 14 nitrogen and oxygen atoms in total. The molecule has 0 unspecified atom stereocenters. The minimum Gasteiger partial charge on any atom is -0.654 e. The zero-order valence-electron chi connectivity index (χ0n) is 33.5. The number of allylic oxidation sites excluding steroid dienone is 4. The normalized spacial score (nSPS) is 12.3. The van der Waals surface area contributed by atoms with E-state index in [1.807, 2.05) is 13.0 Å². The Morgan fingerprint density at radius 3 is 2.04 bits per heavy atom. The summed E-state index contributed by atoms with van der Waals surface area (Å²) >= 11 is 0. The van der Waals surface area contributed by atoms with Crippen molar-refractivity contribution in [2.45, 2.75) is 86.5 Å². The van der Waals surface area contributed by atoms with Crippen molar-refractivity contribution in [2.75, 3.05) is 33.5 Å². The number of fused-ring (bicyclic) bond motifs is 7. The largest absolute Gasteiger partial charge is 0.654 e. The van der Waals surface area contributed by atoms with E-state index >= 15 is 0 Å². The smallest absolute Gasteiger partial charge is 0.309 e. The monoisotopic (exact) mass is 926 g/mol. The van der Waals surface area contributed by atoms with E-state index in [2.05, 4.69) is 13.8 Å². The zero-order chi connectivity index (χ0) is 40.5. The van der Waals surface area contributed by atoms with Crippen molar-refractivity contribution in [3.63, 3.8) is 0 Å². The number of aliphatic hydroxyl groups excluding tert-OH is 3. The molecule has 6 bridgehead atoms. The minimum absolute atomic E-state index is 0. The van der Waals surface area contributed by atoms with E-state index in [0.29, 0.717) is 95.5 Å². The Morgan fingerprint density at radius 2 is 1.40 bits per heavy atom. The molecular weight excluding hydrogens is 876 g/mol. The van der Waals surface area contributed by atoms with Gasteiger partial charge in [0.1, 0.15) is 17.1 Å². The number of aromatic nitrogens is 5. The molecule has 57 heavy (non-hydrogen) atoms. The summed E-state index contributed by atoms with van der Waals surface area (Å²) in [5.74, 6) is -0.622. The summed E-state index contributed by atoms with van der Waals surface area (Å²) in [6.07, 6.45) is 5.06.